The van der Waals surface area contributed by atoms with Gasteiger partial charge < -0.3 is 20.7 Å². The highest BCUT2D eigenvalue weighted by Crippen LogP contribution is 2.28. The second-order valence-electron chi connectivity index (χ2n) is 7.30. The normalized spacial score (nSPS) is 14.3. The van der Waals surface area contributed by atoms with E-state index in [4.69, 9.17) is 22.1 Å². The smallest absolute Gasteiger partial charge is 0.316 e. The van der Waals surface area contributed by atoms with E-state index in [1.54, 1.807) is 17.0 Å². The van der Waals surface area contributed by atoms with Crippen molar-refractivity contribution in [3.05, 3.63) is 58.6 Å². The van der Waals surface area contributed by atoms with Crippen molar-refractivity contribution in [1.29, 1.82) is 0 Å². The Bertz CT molecular complexity index is 938. The Kier molecular flexibility index (Phi) is 6.95. The van der Waals surface area contributed by atoms with Crippen LogP contribution in [0, 0.1) is 12.8 Å². The molecule has 7 nitrogen and oxygen atoms in total. The Morgan fingerprint density at radius 1 is 1.13 bits per heavy atom. The van der Waals surface area contributed by atoms with Crippen molar-refractivity contribution in [3.8, 4) is 5.75 Å². The zero-order chi connectivity index (χ0) is 21.7. The summed E-state index contributed by atoms with van der Waals surface area (Å²) < 4.78 is 5.58. The van der Waals surface area contributed by atoms with Gasteiger partial charge in [0.05, 0.1) is 5.69 Å². The van der Waals surface area contributed by atoms with Crippen LogP contribution < -0.4 is 15.8 Å². The zero-order valence-corrected chi connectivity index (χ0v) is 17.4. The van der Waals surface area contributed by atoms with E-state index in [0.29, 0.717) is 48.0 Å². The molecular formula is C22H24ClN3O4. The van der Waals surface area contributed by atoms with Crippen molar-refractivity contribution in [2.45, 2.75) is 19.8 Å². The number of amides is 3. The van der Waals surface area contributed by atoms with Crippen molar-refractivity contribution in [2.24, 2.45) is 11.7 Å². The van der Waals surface area contributed by atoms with Crippen LogP contribution in [0.2, 0.25) is 5.02 Å². The Hall–Kier alpha value is -3.06. The number of carbonyl (C=O) groups excluding carboxylic acids is 3. The van der Waals surface area contributed by atoms with Crippen molar-refractivity contribution in [3.63, 3.8) is 0 Å². The highest BCUT2D eigenvalue weighted by atomic mass is 35.5. The van der Waals surface area contributed by atoms with Gasteiger partial charge in [0.2, 0.25) is 0 Å². The van der Waals surface area contributed by atoms with E-state index in [1.807, 2.05) is 31.2 Å². The molecule has 0 aliphatic carbocycles. The third-order valence-corrected chi connectivity index (χ3v) is 5.34. The summed E-state index contributed by atoms with van der Waals surface area (Å²) in [7, 11) is 0. The van der Waals surface area contributed by atoms with E-state index < -0.39 is 6.03 Å². The molecule has 158 valence electrons. The predicted octanol–water partition coefficient (Wildman–Crippen LogP) is 3.64. The van der Waals surface area contributed by atoms with E-state index in [2.05, 4.69) is 5.32 Å². The molecule has 2 aromatic rings. The molecule has 2 aromatic carbocycles. The van der Waals surface area contributed by atoms with E-state index in [9.17, 15) is 14.4 Å². The SMILES string of the molecule is Cc1ccc(C(=O)C2CCN(C(=O)COc3ccc(Cl)cc3NC(N)=O)CC2)cc1. The molecule has 1 heterocycles. The van der Waals surface area contributed by atoms with Gasteiger partial charge in [0.1, 0.15) is 5.75 Å². The minimum absolute atomic E-state index is 0.0830. The maximum absolute atomic E-state index is 12.7. The lowest BCUT2D eigenvalue weighted by atomic mass is 9.88. The number of urea groups is 1. The number of halogens is 1. The molecule has 0 bridgehead atoms. The van der Waals surface area contributed by atoms with Crippen LogP contribution in [-0.2, 0) is 4.79 Å². The van der Waals surface area contributed by atoms with Gasteiger partial charge in [-0.25, -0.2) is 4.79 Å². The van der Waals surface area contributed by atoms with E-state index in [1.165, 1.54) is 6.07 Å². The maximum Gasteiger partial charge on any atom is 0.316 e. The maximum atomic E-state index is 12.7. The number of carbonyl (C=O) groups is 3. The summed E-state index contributed by atoms with van der Waals surface area (Å²) in [5.41, 5.74) is 7.27. The number of nitrogens with two attached hydrogens (primary N) is 1. The molecule has 0 aromatic heterocycles. The molecule has 1 saturated heterocycles. The number of anilines is 1. The van der Waals surface area contributed by atoms with Crippen molar-refractivity contribution < 1.29 is 19.1 Å². The molecule has 3 rings (SSSR count). The monoisotopic (exact) mass is 429 g/mol. The van der Waals surface area contributed by atoms with Gasteiger partial charge in [-0.3, -0.25) is 9.59 Å². The van der Waals surface area contributed by atoms with Crippen molar-refractivity contribution in [2.75, 3.05) is 25.0 Å². The van der Waals surface area contributed by atoms with Crippen molar-refractivity contribution >= 4 is 35.0 Å². The number of piperidine rings is 1. The number of nitrogens with one attached hydrogen (secondary N) is 1. The van der Waals surface area contributed by atoms with Gasteiger partial charge in [0.25, 0.3) is 5.91 Å². The topological polar surface area (TPSA) is 102 Å². The molecule has 30 heavy (non-hydrogen) atoms. The fourth-order valence-electron chi connectivity index (χ4n) is 3.43. The second kappa shape index (κ2) is 9.63. The fourth-order valence-corrected chi connectivity index (χ4v) is 3.61. The van der Waals surface area contributed by atoms with Gasteiger partial charge in [-0.2, -0.15) is 0 Å². The van der Waals surface area contributed by atoms with Gasteiger partial charge in [-0.05, 0) is 38.0 Å². The minimum Gasteiger partial charge on any atom is -0.482 e. The van der Waals surface area contributed by atoms with E-state index in [-0.39, 0.29) is 24.2 Å². The number of likely N-dealkylation sites (tertiary alicyclic amines) is 1. The molecule has 3 amide bonds. The number of ketones is 1. The second-order valence-corrected chi connectivity index (χ2v) is 7.74. The number of hydrogen-bond acceptors (Lipinski definition) is 4. The first-order valence-electron chi connectivity index (χ1n) is 9.71. The number of primary amides is 1. The lowest BCUT2D eigenvalue weighted by Gasteiger charge is -2.31. The van der Waals surface area contributed by atoms with E-state index in [0.717, 1.165) is 5.56 Å². The van der Waals surface area contributed by atoms with Gasteiger partial charge in [-0.1, -0.05) is 41.4 Å². The highest BCUT2D eigenvalue weighted by Gasteiger charge is 2.28. The Morgan fingerprint density at radius 3 is 2.43 bits per heavy atom. The van der Waals surface area contributed by atoms with Crippen LogP contribution >= 0.6 is 11.6 Å². The third-order valence-electron chi connectivity index (χ3n) is 5.11. The first kappa shape index (κ1) is 21.6. The molecule has 1 fully saturated rings. The van der Waals surface area contributed by atoms with Crippen LogP contribution in [0.5, 0.6) is 5.75 Å². The number of Topliss-reactive ketones (excluding diaryl/α,β-unsaturated/α-hetero) is 1. The number of hydrogen-bond donors (Lipinski definition) is 2. The molecule has 3 N–H and O–H groups in total. The summed E-state index contributed by atoms with van der Waals surface area (Å²) in [5.74, 6) is 0.161. The Balaban J connectivity index is 1.53. The highest BCUT2D eigenvalue weighted by molar-refractivity contribution is 6.31. The number of benzene rings is 2. The van der Waals surface area contributed by atoms with Gasteiger partial charge in [-0.15, -0.1) is 0 Å². The third kappa shape index (κ3) is 5.51. The minimum atomic E-state index is -0.756. The average molecular weight is 430 g/mol. The molecular weight excluding hydrogens is 406 g/mol. The summed E-state index contributed by atoms with van der Waals surface area (Å²) in [4.78, 5) is 38.0. The summed E-state index contributed by atoms with van der Waals surface area (Å²) >= 11 is 5.93. The molecule has 1 aliphatic heterocycles. The molecule has 0 unspecified atom stereocenters. The van der Waals surface area contributed by atoms with E-state index >= 15 is 0 Å². The standard InChI is InChI=1S/C22H24ClN3O4/c1-14-2-4-15(5-3-14)21(28)16-8-10-26(11-9-16)20(27)13-30-19-7-6-17(23)12-18(19)25-22(24)29/h2-7,12,16H,8-11,13H2,1H3,(H3,24,25,29). The lowest BCUT2D eigenvalue weighted by molar-refractivity contribution is -0.134. The number of ether oxygens (including phenoxy) is 1. The van der Waals surface area contributed by atoms with Crippen LogP contribution in [0.1, 0.15) is 28.8 Å². The summed E-state index contributed by atoms with van der Waals surface area (Å²) in [6.07, 6.45) is 1.24. The fraction of sp³-hybridized carbons (Fsp3) is 0.318. The molecule has 0 atom stereocenters. The predicted molar refractivity (Wildman–Crippen MR) is 115 cm³/mol. The lowest BCUT2D eigenvalue weighted by Crippen LogP contribution is -2.42. The molecule has 0 radical (unpaired) electrons. The largest absolute Gasteiger partial charge is 0.482 e. The number of nitrogens with zero attached hydrogens (tertiary/aromatic N) is 1. The molecule has 0 spiro atoms. The van der Waals surface area contributed by atoms with Gasteiger partial charge >= 0.3 is 6.03 Å². The molecule has 0 saturated carbocycles. The van der Waals surface area contributed by atoms with Crippen LogP contribution in [-0.4, -0.2) is 42.3 Å². The van der Waals surface area contributed by atoms with Crippen LogP contribution in [0.15, 0.2) is 42.5 Å². The quantitative estimate of drug-likeness (QED) is 0.684. The van der Waals surface area contributed by atoms with Crippen molar-refractivity contribution in [1.82, 2.24) is 4.90 Å². The van der Waals surface area contributed by atoms with Gasteiger partial charge in [0.15, 0.2) is 12.4 Å². The van der Waals surface area contributed by atoms with Crippen LogP contribution in [0.3, 0.4) is 0 Å². The number of aryl methyl sites for hydroxylation is 1. The van der Waals surface area contributed by atoms with Crippen LogP contribution in [0.4, 0.5) is 10.5 Å². The van der Waals surface area contributed by atoms with Gasteiger partial charge in [0, 0.05) is 29.6 Å². The Labute approximate surface area is 180 Å². The zero-order valence-electron chi connectivity index (χ0n) is 16.7. The summed E-state index contributed by atoms with van der Waals surface area (Å²) in [6.45, 7) is 2.79. The first-order chi connectivity index (χ1) is 14.3. The Morgan fingerprint density at radius 2 is 1.80 bits per heavy atom. The summed E-state index contributed by atoms with van der Waals surface area (Å²) in [6, 6.07) is 11.5. The first-order valence-corrected chi connectivity index (χ1v) is 10.1. The number of rotatable bonds is 6. The molecule has 8 heteroatoms. The van der Waals surface area contributed by atoms with Crippen LogP contribution in [0.25, 0.3) is 0 Å². The average Bonchev–Trinajstić information content (AvgIpc) is 2.73. The molecule has 1 aliphatic rings. The summed E-state index contributed by atoms with van der Waals surface area (Å²) in [5, 5.41) is 2.82.